The first-order valence-corrected chi connectivity index (χ1v) is 8.06. The van der Waals surface area contributed by atoms with Crippen molar-refractivity contribution in [2.24, 2.45) is 0 Å². The average molecular weight is 329 g/mol. The van der Waals surface area contributed by atoms with Gasteiger partial charge in [-0.25, -0.2) is 4.79 Å². The molecule has 0 saturated heterocycles. The van der Waals surface area contributed by atoms with Gasteiger partial charge >= 0.3 is 6.03 Å². The molecule has 1 aromatic carbocycles. The molecule has 24 heavy (non-hydrogen) atoms. The number of benzene rings is 1. The van der Waals surface area contributed by atoms with Gasteiger partial charge in [0, 0.05) is 12.7 Å². The molecule has 0 bridgehead atoms. The van der Waals surface area contributed by atoms with Gasteiger partial charge in [0.2, 0.25) is 0 Å². The zero-order valence-electron chi connectivity index (χ0n) is 14.0. The van der Waals surface area contributed by atoms with E-state index in [1.54, 1.807) is 24.5 Å². The fourth-order valence-electron chi connectivity index (χ4n) is 2.18. The molecule has 2 rings (SSSR count). The van der Waals surface area contributed by atoms with Gasteiger partial charge < -0.3 is 20.1 Å². The third-order valence-electron chi connectivity index (χ3n) is 3.23. The number of urea groups is 1. The van der Waals surface area contributed by atoms with Gasteiger partial charge in [0.25, 0.3) is 0 Å². The molecule has 2 N–H and O–H groups in total. The summed E-state index contributed by atoms with van der Waals surface area (Å²) in [5, 5.41) is 5.55. The van der Waals surface area contributed by atoms with Crippen LogP contribution in [0.15, 0.2) is 42.7 Å². The van der Waals surface area contributed by atoms with Gasteiger partial charge in [0.05, 0.1) is 25.1 Å². The molecule has 0 aliphatic heterocycles. The second-order valence-corrected chi connectivity index (χ2v) is 5.02. The predicted molar refractivity (Wildman–Crippen MR) is 93.7 cm³/mol. The maximum absolute atomic E-state index is 11.8. The van der Waals surface area contributed by atoms with Crippen LogP contribution in [0.25, 0.3) is 0 Å². The highest BCUT2D eigenvalue weighted by Gasteiger charge is 2.07. The summed E-state index contributed by atoms with van der Waals surface area (Å²) >= 11 is 0. The number of amides is 2. The summed E-state index contributed by atoms with van der Waals surface area (Å²) in [6, 6.07) is 9.14. The highest BCUT2D eigenvalue weighted by Crippen LogP contribution is 2.28. The number of rotatable bonds is 8. The molecule has 6 heteroatoms. The van der Waals surface area contributed by atoms with Crippen LogP contribution in [0, 0.1) is 0 Å². The van der Waals surface area contributed by atoms with Crippen LogP contribution in [0.2, 0.25) is 0 Å². The smallest absolute Gasteiger partial charge is 0.319 e. The topological polar surface area (TPSA) is 72.5 Å². The Balaban J connectivity index is 1.85. The molecule has 1 heterocycles. The predicted octanol–water partition coefficient (Wildman–Crippen LogP) is 3.24. The van der Waals surface area contributed by atoms with E-state index in [-0.39, 0.29) is 6.03 Å². The van der Waals surface area contributed by atoms with Crippen LogP contribution in [0.1, 0.15) is 19.4 Å². The second kappa shape index (κ2) is 9.39. The van der Waals surface area contributed by atoms with Crippen molar-refractivity contribution in [3.63, 3.8) is 0 Å². The number of carbonyl (C=O) groups is 1. The lowest BCUT2D eigenvalue weighted by molar-refractivity contribution is 0.252. The average Bonchev–Trinajstić information content (AvgIpc) is 2.58. The summed E-state index contributed by atoms with van der Waals surface area (Å²) in [7, 11) is 0. The molecular formula is C18H23N3O3. The lowest BCUT2D eigenvalue weighted by Crippen LogP contribution is -2.30. The Bertz CT molecular complexity index is 647. The zero-order chi connectivity index (χ0) is 17.2. The van der Waals surface area contributed by atoms with E-state index in [9.17, 15) is 4.79 Å². The van der Waals surface area contributed by atoms with Gasteiger partial charge in [-0.3, -0.25) is 4.98 Å². The van der Waals surface area contributed by atoms with Gasteiger partial charge in [0.15, 0.2) is 11.5 Å². The van der Waals surface area contributed by atoms with Crippen molar-refractivity contribution in [2.45, 2.75) is 20.3 Å². The maximum atomic E-state index is 11.8. The van der Waals surface area contributed by atoms with E-state index in [0.717, 1.165) is 17.1 Å². The molecular weight excluding hydrogens is 306 g/mol. The zero-order valence-corrected chi connectivity index (χ0v) is 14.0. The van der Waals surface area contributed by atoms with Gasteiger partial charge in [-0.1, -0.05) is 6.07 Å². The number of nitrogens with one attached hydrogen (secondary N) is 2. The van der Waals surface area contributed by atoms with Crippen LogP contribution < -0.4 is 20.1 Å². The van der Waals surface area contributed by atoms with Crippen molar-refractivity contribution in [2.75, 3.05) is 25.1 Å². The van der Waals surface area contributed by atoms with E-state index >= 15 is 0 Å². The Morgan fingerprint density at radius 3 is 2.62 bits per heavy atom. The first kappa shape index (κ1) is 17.6. The monoisotopic (exact) mass is 329 g/mol. The molecule has 1 aromatic heterocycles. The van der Waals surface area contributed by atoms with E-state index in [1.807, 2.05) is 32.0 Å². The molecule has 0 unspecified atom stereocenters. The van der Waals surface area contributed by atoms with Crippen LogP contribution in [0.3, 0.4) is 0 Å². The van der Waals surface area contributed by atoms with Crippen molar-refractivity contribution in [1.29, 1.82) is 0 Å². The van der Waals surface area contributed by atoms with E-state index in [1.165, 1.54) is 0 Å². The molecule has 2 amide bonds. The minimum atomic E-state index is -0.251. The Kier molecular flexibility index (Phi) is 6.89. The van der Waals surface area contributed by atoms with Crippen LogP contribution >= 0.6 is 0 Å². The number of hydrogen-bond acceptors (Lipinski definition) is 4. The van der Waals surface area contributed by atoms with Crippen LogP contribution in [0.5, 0.6) is 11.5 Å². The summed E-state index contributed by atoms with van der Waals surface area (Å²) in [6.45, 7) is 5.57. The standard InChI is InChI=1S/C18H23N3O3/c1-3-23-16-8-7-14(12-17(16)24-4-2)9-11-20-18(22)21-15-6-5-10-19-13-15/h5-8,10,12-13H,3-4,9,11H2,1-2H3,(H2,20,21,22). The normalized spacial score (nSPS) is 10.1. The summed E-state index contributed by atoms with van der Waals surface area (Å²) in [4.78, 5) is 15.8. The maximum Gasteiger partial charge on any atom is 0.319 e. The lowest BCUT2D eigenvalue weighted by atomic mass is 10.1. The van der Waals surface area contributed by atoms with Crippen molar-refractivity contribution in [3.05, 3.63) is 48.3 Å². The molecule has 0 aliphatic carbocycles. The van der Waals surface area contributed by atoms with Gasteiger partial charge in [-0.2, -0.15) is 0 Å². The number of aromatic nitrogens is 1. The van der Waals surface area contributed by atoms with Crippen molar-refractivity contribution >= 4 is 11.7 Å². The quantitative estimate of drug-likeness (QED) is 0.780. The Morgan fingerprint density at radius 1 is 1.12 bits per heavy atom. The van der Waals surface area contributed by atoms with Gasteiger partial charge in [-0.05, 0) is 50.1 Å². The fourth-order valence-corrected chi connectivity index (χ4v) is 2.18. The number of anilines is 1. The number of nitrogens with zero attached hydrogens (tertiary/aromatic N) is 1. The van der Waals surface area contributed by atoms with E-state index in [4.69, 9.17) is 9.47 Å². The van der Waals surface area contributed by atoms with Gasteiger partial charge in [0.1, 0.15) is 0 Å². The van der Waals surface area contributed by atoms with Crippen molar-refractivity contribution in [3.8, 4) is 11.5 Å². The SMILES string of the molecule is CCOc1ccc(CCNC(=O)Nc2cccnc2)cc1OCC. The summed E-state index contributed by atoms with van der Waals surface area (Å²) in [6.07, 6.45) is 3.96. The van der Waals surface area contributed by atoms with Crippen LogP contribution in [0.4, 0.5) is 10.5 Å². The number of hydrogen-bond donors (Lipinski definition) is 2. The van der Waals surface area contributed by atoms with Crippen LogP contribution in [-0.4, -0.2) is 30.8 Å². The molecule has 6 nitrogen and oxygen atoms in total. The van der Waals surface area contributed by atoms with E-state index < -0.39 is 0 Å². The van der Waals surface area contributed by atoms with Crippen molar-refractivity contribution in [1.82, 2.24) is 10.3 Å². The summed E-state index contributed by atoms with van der Waals surface area (Å²) in [5.74, 6) is 1.47. The lowest BCUT2D eigenvalue weighted by Gasteiger charge is -2.13. The highest BCUT2D eigenvalue weighted by atomic mass is 16.5. The largest absolute Gasteiger partial charge is 0.490 e. The molecule has 0 saturated carbocycles. The van der Waals surface area contributed by atoms with Crippen LogP contribution in [-0.2, 0) is 6.42 Å². The molecule has 0 aliphatic rings. The highest BCUT2D eigenvalue weighted by molar-refractivity contribution is 5.88. The fraction of sp³-hybridized carbons (Fsp3) is 0.333. The number of carbonyl (C=O) groups excluding carboxylic acids is 1. The molecule has 0 fully saturated rings. The molecule has 0 radical (unpaired) electrons. The number of pyridine rings is 1. The molecule has 128 valence electrons. The Labute approximate surface area is 142 Å². The third-order valence-corrected chi connectivity index (χ3v) is 3.23. The van der Waals surface area contributed by atoms with Crippen molar-refractivity contribution < 1.29 is 14.3 Å². The summed E-state index contributed by atoms with van der Waals surface area (Å²) < 4.78 is 11.1. The molecule has 2 aromatic rings. The first-order chi connectivity index (χ1) is 11.7. The van der Waals surface area contributed by atoms with E-state index in [2.05, 4.69) is 15.6 Å². The Hall–Kier alpha value is -2.76. The second-order valence-electron chi connectivity index (χ2n) is 5.02. The number of ether oxygens (including phenoxy) is 2. The minimum Gasteiger partial charge on any atom is -0.490 e. The third kappa shape index (κ3) is 5.46. The molecule has 0 atom stereocenters. The first-order valence-electron chi connectivity index (χ1n) is 8.06. The summed E-state index contributed by atoms with van der Waals surface area (Å²) in [5.41, 5.74) is 1.73. The van der Waals surface area contributed by atoms with Gasteiger partial charge in [-0.15, -0.1) is 0 Å². The van der Waals surface area contributed by atoms with E-state index in [0.29, 0.717) is 31.9 Å². The Morgan fingerprint density at radius 2 is 1.92 bits per heavy atom. The molecule has 0 spiro atoms. The minimum absolute atomic E-state index is 0.251.